The molecule has 2 aromatic heterocycles. The van der Waals surface area contributed by atoms with Crippen LogP contribution < -0.4 is 0 Å². The normalized spacial score (nSPS) is 11.5. The zero-order valence-electron chi connectivity index (χ0n) is 12.3. The van der Waals surface area contributed by atoms with Crippen LogP contribution in [0.15, 0.2) is 52.9 Å². The van der Waals surface area contributed by atoms with Crippen molar-refractivity contribution in [2.75, 3.05) is 5.75 Å². The highest BCUT2D eigenvalue weighted by atomic mass is 32.2. The van der Waals surface area contributed by atoms with Gasteiger partial charge in [-0.05, 0) is 42.9 Å². The average molecular weight is 375 g/mol. The molecule has 0 fully saturated rings. The first-order chi connectivity index (χ1) is 11.3. The highest BCUT2D eigenvalue weighted by Gasteiger charge is 2.06. The third kappa shape index (κ3) is 3.21. The van der Waals surface area contributed by atoms with Crippen LogP contribution in [0, 0.1) is 3.95 Å². The van der Waals surface area contributed by atoms with Crippen molar-refractivity contribution >= 4 is 67.1 Å². The number of para-hydroxylation sites is 2. The lowest BCUT2D eigenvalue weighted by atomic mass is 10.3. The van der Waals surface area contributed by atoms with Gasteiger partial charge in [-0.3, -0.25) is 0 Å². The first kappa shape index (κ1) is 15.3. The van der Waals surface area contributed by atoms with E-state index in [0.717, 1.165) is 32.5 Å². The molecule has 0 bridgehead atoms. The number of aryl methyl sites for hydroxylation is 1. The summed E-state index contributed by atoms with van der Waals surface area (Å²) in [6, 6.07) is 16.8. The van der Waals surface area contributed by atoms with Crippen LogP contribution >= 0.6 is 46.7 Å². The van der Waals surface area contributed by atoms with Crippen LogP contribution in [0.1, 0.15) is 6.42 Å². The fraction of sp³-hybridized carbons (Fsp3) is 0.176. The van der Waals surface area contributed by atoms with Crippen molar-refractivity contribution in [1.29, 1.82) is 0 Å². The van der Waals surface area contributed by atoms with Crippen LogP contribution in [-0.4, -0.2) is 15.3 Å². The number of hydrogen-bond acceptors (Lipinski definition) is 5. The zero-order valence-corrected chi connectivity index (χ0v) is 15.5. The van der Waals surface area contributed by atoms with Crippen LogP contribution in [0.2, 0.25) is 0 Å². The quantitative estimate of drug-likeness (QED) is 0.234. The Bertz CT molecular complexity index is 979. The van der Waals surface area contributed by atoms with E-state index >= 15 is 0 Å². The molecular formula is C17H14N2S4. The molecule has 2 heterocycles. The Kier molecular flexibility index (Phi) is 4.48. The second-order valence-corrected chi connectivity index (χ2v) is 9.19. The van der Waals surface area contributed by atoms with E-state index in [2.05, 4.69) is 52.0 Å². The molecule has 4 rings (SSSR count). The Hall–Kier alpha value is -1.21. The van der Waals surface area contributed by atoms with Crippen LogP contribution in [-0.2, 0) is 6.54 Å². The van der Waals surface area contributed by atoms with Crippen molar-refractivity contribution in [2.24, 2.45) is 0 Å². The minimum absolute atomic E-state index is 0.969. The van der Waals surface area contributed by atoms with E-state index in [9.17, 15) is 0 Å². The van der Waals surface area contributed by atoms with Gasteiger partial charge >= 0.3 is 0 Å². The summed E-state index contributed by atoms with van der Waals surface area (Å²) < 4.78 is 6.92. The summed E-state index contributed by atoms with van der Waals surface area (Å²) >= 11 is 10.8. The number of nitrogens with zero attached hydrogens (tertiary/aromatic N) is 2. The molecule has 0 amide bonds. The molecular weight excluding hydrogens is 360 g/mol. The van der Waals surface area contributed by atoms with Gasteiger partial charge in [0.1, 0.15) is 0 Å². The molecule has 6 heteroatoms. The van der Waals surface area contributed by atoms with E-state index < -0.39 is 0 Å². The topological polar surface area (TPSA) is 17.8 Å². The molecule has 0 unspecified atom stereocenters. The second-order valence-electron chi connectivity index (χ2n) is 5.14. The molecule has 0 N–H and O–H groups in total. The van der Waals surface area contributed by atoms with Gasteiger partial charge in [0, 0.05) is 12.3 Å². The van der Waals surface area contributed by atoms with Gasteiger partial charge in [0.15, 0.2) is 8.29 Å². The van der Waals surface area contributed by atoms with Crippen molar-refractivity contribution in [2.45, 2.75) is 17.3 Å². The van der Waals surface area contributed by atoms with Crippen molar-refractivity contribution in [3.05, 3.63) is 52.5 Å². The van der Waals surface area contributed by atoms with Gasteiger partial charge in [-0.25, -0.2) is 4.98 Å². The maximum absolute atomic E-state index is 5.50. The van der Waals surface area contributed by atoms with E-state index in [-0.39, 0.29) is 0 Å². The fourth-order valence-corrected chi connectivity index (χ4v) is 5.96. The minimum atomic E-state index is 0.969. The Labute approximate surface area is 151 Å². The first-order valence-electron chi connectivity index (χ1n) is 7.38. The minimum Gasteiger partial charge on any atom is -0.323 e. The van der Waals surface area contributed by atoms with Crippen LogP contribution in [0.3, 0.4) is 0 Å². The Morgan fingerprint density at radius 3 is 2.65 bits per heavy atom. The van der Waals surface area contributed by atoms with E-state index in [1.54, 1.807) is 22.7 Å². The highest BCUT2D eigenvalue weighted by Crippen LogP contribution is 2.30. The number of hydrogen-bond donors (Lipinski definition) is 0. The molecule has 0 saturated heterocycles. The van der Waals surface area contributed by atoms with E-state index in [4.69, 9.17) is 12.2 Å². The number of thioether (sulfide) groups is 1. The highest BCUT2D eigenvalue weighted by molar-refractivity contribution is 8.01. The SMILES string of the molecule is S=c1sc2ccccc2n1CCCSc1nc2ccccc2s1. The molecule has 0 aliphatic heterocycles. The molecule has 2 aromatic carbocycles. The maximum Gasteiger partial charge on any atom is 0.162 e. The van der Waals surface area contributed by atoms with E-state index in [1.165, 1.54) is 14.9 Å². The summed E-state index contributed by atoms with van der Waals surface area (Å²) in [4.78, 5) is 4.67. The average Bonchev–Trinajstić information content (AvgIpc) is 3.11. The molecule has 0 spiro atoms. The van der Waals surface area contributed by atoms with Gasteiger partial charge in [-0.1, -0.05) is 36.0 Å². The summed E-state index contributed by atoms with van der Waals surface area (Å²) in [5, 5.41) is 0. The van der Waals surface area contributed by atoms with Crippen LogP contribution in [0.4, 0.5) is 0 Å². The number of fused-ring (bicyclic) bond motifs is 2. The first-order valence-corrected chi connectivity index (χ1v) is 10.4. The summed E-state index contributed by atoms with van der Waals surface area (Å²) in [6.07, 6.45) is 1.09. The lowest BCUT2D eigenvalue weighted by molar-refractivity contribution is 0.706. The molecule has 0 radical (unpaired) electrons. The predicted octanol–water partition coefficient (Wildman–Crippen LogP) is 6.22. The van der Waals surface area contributed by atoms with E-state index in [0.29, 0.717) is 0 Å². The van der Waals surface area contributed by atoms with Crippen LogP contribution in [0.25, 0.3) is 20.4 Å². The Morgan fingerprint density at radius 2 is 1.78 bits per heavy atom. The molecule has 0 aliphatic rings. The molecule has 2 nitrogen and oxygen atoms in total. The Balaban J connectivity index is 1.41. The third-order valence-corrected chi connectivity index (χ3v) is 7.30. The number of aromatic nitrogens is 2. The predicted molar refractivity (Wildman–Crippen MR) is 106 cm³/mol. The molecule has 116 valence electrons. The van der Waals surface area contributed by atoms with E-state index in [1.807, 2.05) is 17.8 Å². The van der Waals surface area contributed by atoms with Gasteiger partial charge < -0.3 is 4.57 Å². The van der Waals surface area contributed by atoms with Crippen molar-refractivity contribution in [3.63, 3.8) is 0 Å². The summed E-state index contributed by atoms with van der Waals surface area (Å²) in [5.74, 6) is 1.06. The zero-order chi connectivity index (χ0) is 15.6. The van der Waals surface area contributed by atoms with Gasteiger partial charge in [0.05, 0.1) is 20.4 Å². The summed E-state index contributed by atoms with van der Waals surface area (Å²) in [6.45, 7) is 0.973. The molecule has 23 heavy (non-hydrogen) atoms. The standard InChI is InChI=1S/C17H14N2S4/c20-17-19(13-7-2-4-9-15(13)23-17)10-5-11-21-16-18-12-6-1-3-8-14(12)22-16/h1-4,6-9H,5,10-11H2. The number of rotatable bonds is 5. The van der Waals surface area contributed by atoms with Gasteiger partial charge in [0.25, 0.3) is 0 Å². The fourth-order valence-electron chi connectivity index (χ4n) is 2.52. The lowest BCUT2D eigenvalue weighted by Crippen LogP contribution is -1.98. The van der Waals surface area contributed by atoms with Gasteiger partial charge in [0.2, 0.25) is 0 Å². The monoisotopic (exact) mass is 374 g/mol. The maximum atomic E-state index is 5.50. The Morgan fingerprint density at radius 1 is 1.00 bits per heavy atom. The molecule has 4 aromatic rings. The number of benzene rings is 2. The van der Waals surface area contributed by atoms with Crippen molar-refractivity contribution in [1.82, 2.24) is 9.55 Å². The summed E-state index contributed by atoms with van der Waals surface area (Å²) in [5.41, 5.74) is 2.36. The lowest BCUT2D eigenvalue weighted by Gasteiger charge is -2.03. The molecule has 0 aliphatic carbocycles. The van der Waals surface area contributed by atoms with Crippen LogP contribution in [0.5, 0.6) is 0 Å². The van der Waals surface area contributed by atoms with Crippen molar-refractivity contribution in [3.8, 4) is 0 Å². The molecule has 0 atom stereocenters. The smallest absolute Gasteiger partial charge is 0.162 e. The van der Waals surface area contributed by atoms with Gasteiger partial charge in [-0.15, -0.1) is 22.7 Å². The number of thiazole rings is 2. The third-order valence-electron chi connectivity index (χ3n) is 3.60. The van der Waals surface area contributed by atoms with Gasteiger partial charge in [-0.2, -0.15) is 0 Å². The summed E-state index contributed by atoms with van der Waals surface area (Å²) in [7, 11) is 0. The second kappa shape index (κ2) is 6.73. The van der Waals surface area contributed by atoms with Crippen molar-refractivity contribution < 1.29 is 0 Å². The molecule has 0 saturated carbocycles. The largest absolute Gasteiger partial charge is 0.323 e.